The van der Waals surface area contributed by atoms with Crippen molar-refractivity contribution in [2.45, 2.75) is 32.4 Å². The first-order valence-corrected chi connectivity index (χ1v) is 11.4. The van der Waals surface area contributed by atoms with E-state index < -0.39 is 11.4 Å². The van der Waals surface area contributed by atoms with Crippen LogP contribution >= 0.6 is 0 Å². The van der Waals surface area contributed by atoms with E-state index in [9.17, 15) is 14.7 Å². The molecule has 0 saturated carbocycles. The molecule has 0 amide bonds. The number of carboxylic acids is 1. The number of ether oxygens (including phenoxy) is 4. The van der Waals surface area contributed by atoms with Crippen molar-refractivity contribution < 1.29 is 28.8 Å². The molecule has 4 heterocycles. The Morgan fingerprint density at radius 3 is 2.86 bits per heavy atom. The average molecular weight is 479 g/mol. The number of methoxy groups -OCH3 is 1. The Bertz CT molecular complexity index is 1350. The van der Waals surface area contributed by atoms with Gasteiger partial charge >= 0.3 is 5.97 Å². The monoisotopic (exact) mass is 478 g/mol. The number of pyridine rings is 2. The first-order chi connectivity index (χ1) is 16.9. The van der Waals surface area contributed by atoms with E-state index in [0.717, 1.165) is 11.1 Å². The second-order valence-electron chi connectivity index (χ2n) is 8.99. The number of benzene rings is 1. The van der Waals surface area contributed by atoms with Gasteiger partial charge in [0, 0.05) is 30.1 Å². The van der Waals surface area contributed by atoms with Crippen LogP contribution in [0.2, 0.25) is 0 Å². The van der Waals surface area contributed by atoms with Crippen molar-refractivity contribution in [1.82, 2.24) is 9.55 Å². The Morgan fingerprint density at radius 1 is 1.29 bits per heavy atom. The van der Waals surface area contributed by atoms with Crippen LogP contribution in [-0.2, 0) is 6.42 Å². The molecule has 0 fully saturated rings. The summed E-state index contributed by atoms with van der Waals surface area (Å²) >= 11 is 0. The molecule has 1 N–H and O–H groups in total. The molecule has 2 atom stereocenters. The number of hydrogen-bond donors (Lipinski definition) is 1. The molecule has 0 unspecified atom stereocenters. The van der Waals surface area contributed by atoms with Crippen molar-refractivity contribution in [3.05, 3.63) is 64.1 Å². The number of rotatable bonds is 6. The van der Waals surface area contributed by atoms with Gasteiger partial charge in [-0.3, -0.25) is 4.79 Å². The van der Waals surface area contributed by atoms with Crippen LogP contribution in [0.25, 0.3) is 11.3 Å². The maximum absolute atomic E-state index is 12.5. The summed E-state index contributed by atoms with van der Waals surface area (Å²) < 4.78 is 25.2. The quantitative estimate of drug-likeness (QED) is 0.573. The summed E-state index contributed by atoms with van der Waals surface area (Å²) in [5.74, 6) is 1.08. The third kappa shape index (κ3) is 4.18. The second kappa shape index (κ2) is 8.98. The fraction of sp³-hybridized carbons (Fsp3) is 0.346. The van der Waals surface area contributed by atoms with Gasteiger partial charge in [-0.2, -0.15) is 0 Å². The predicted octanol–water partition coefficient (Wildman–Crippen LogP) is 3.59. The van der Waals surface area contributed by atoms with Gasteiger partial charge in [0.25, 0.3) is 5.88 Å². The lowest BCUT2D eigenvalue weighted by Crippen LogP contribution is -2.35. The van der Waals surface area contributed by atoms with Gasteiger partial charge in [-0.25, -0.2) is 9.78 Å². The van der Waals surface area contributed by atoms with E-state index in [1.54, 1.807) is 25.4 Å². The third-order valence-electron chi connectivity index (χ3n) is 6.40. The molecule has 3 aromatic rings. The number of hydrogen-bond acceptors (Lipinski definition) is 7. The highest BCUT2D eigenvalue weighted by atomic mass is 16.6. The summed E-state index contributed by atoms with van der Waals surface area (Å²) in [5.41, 5.74) is 1.71. The van der Waals surface area contributed by atoms with Crippen LogP contribution in [0.15, 0.2) is 47.5 Å². The highest BCUT2D eigenvalue weighted by Gasteiger charge is 2.30. The van der Waals surface area contributed by atoms with E-state index >= 15 is 0 Å². The lowest BCUT2D eigenvalue weighted by atomic mass is 9.87. The molecule has 0 saturated heterocycles. The van der Waals surface area contributed by atoms with Crippen LogP contribution in [0.1, 0.15) is 35.8 Å². The third-order valence-corrected chi connectivity index (χ3v) is 6.40. The fourth-order valence-electron chi connectivity index (χ4n) is 4.58. The molecule has 5 rings (SSSR count). The van der Waals surface area contributed by atoms with E-state index in [1.807, 2.05) is 16.7 Å². The standard InChI is InChI=1S/C26H26N2O7/c1-14(2)19-7-15-8-24(34-13-16-12-33-22-5-4-6-27-25(22)35-16)23(32-3)9-17(15)20-10-21(29)18(26(30)31)11-28(19)20/h4-6,8-11,14,16,19H,7,12-13H2,1-3H3,(H,30,31)/t16-,19-/m0/s1. The molecule has 2 aliphatic heterocycles. The number of aromatic nitrogens is 2. The van der Waals surface area contributed by atoms with Crippen molar-refractivity contribution in [3.8, 4) is 34.4 Å². The first kappa shape index (κ1) is 22.8. The molecule has 9 heteroatoms. The predicted molar refractivity (Wildman–Crippen MR) is 127 cm³/mol. The SMILES string of the molecule is COc1cc2c(cc1OC[C@@H]1COc3cccnc3O1)C[C@@H](C(C)C)n1cc(C(=O)O)c(=O)cc1-2. The van der Waals surface area contributed by atoms with Crippen LogP contribution in [0.5, 0.6) is 23.1 Å². The van der Waals surface area contributed by atoms with Crippen LogP contribution < -0.4 is 24.4 Å². The molecular formula is C26H26N2O7. The lowest BCUT2D eigenvalue weighted by molar-refractivity contribution is 0.0480. The summed E-state index contributed by atoms with van der Waals surface area (Å²) in [6.45, 7) is 4.72. The highest BCUT2D eigenvalue weighted by Crippen LogP contribution is 2.43. The molecule has 0 radical (unpaired) electrons. The van der Waals surface area contributed by atoms with Gasteiger partial charge < -0.3 is 28.6 Å². The van der Waals surface area contributed by atoms with Crippen LogP contribution in [-0.4, -0.2) is 47.1 Å². The summed E-state index contributed by atoms with van der Waals surface area (Å²) in [4.78, 5) is 28.3. The summed E-state index contributed by atoms with van der Waals surface area (Å²) in [7, 11) is 1.55. The highest BCUT2D eigenvalue weighted by molar-refractivity contribution is 5.88. The van der Waals surface area contributed by atoms with E-state index in [1.165, 1.54) is 12.3 Å². The number of carbonyl (C=O) groups is 1. The number of aromatic carboxylic acids is 1. The van der Waals surface area contributed by atoms with Gasteiger partial charge in [0.1, 0.15) is 18.8 Å². The molecule has 0 spiro atoms. The van der Waals surface area contributed by atoms with Gasteiger partial charge in [0.05, 0.1) is 12.8 Å². The van der Waals surface area contributed by atoms with E-state index in [2.05, 4.69) is 18.8 Å². The van der Waals surface area contributed by atoms with Gasteiger partial charge in [-0.1, -0.05) is 13.8 Å². The Labute approximate surface area is 201 Å². The van der Waals surface area contributed by atoms with Crippen LogP contribution in [0.3, 0.4) is 0 Å². The minimum atomic E-state index is -1.23. The summed E-state index contributed by atoms with van der Waals surface area (Å²) in [5, 5.41) is 9.45. The number of nitrogens with zero attached hydrogens (tertiary/aromatic N) is 2. The Kier molecular flexibility index (Phi) is 5.84. The van der Waals surface area contributed by atoms with Gasteiger partial charge in [0.2, 0.25) is 0 Å². The fourth-order valence-corrected chi connectivity index (χ4v) is 4.58. The normalized spacial score (nSPS) is 17.9. The largest absolute Gasteiger partial charge is 0.493 e. The summed E-state index contributed by atoms with van der Waals surface area (Å²) in [6, 6.07) is 8.74. The number of fused-ring (bicyclic) bond motifs is 4. The van der Waals surface area contributed by atoms with Crippen molar-refractivity contribution in [2.24, 2.45) is 5.92 Å². The van der Waals surface area contributed by atoms with Crippen LogP contribution in [0.4, 0.5) is 0 Å². The molecule has 1 aromatic carbocycles. The summed E-state index contributed by atoms with van der Waals surface area (Å²) in [6.07, 6.45) is 3.42. The molecule has 0 aliphatic carbocycles. The topological polar surface area (TPSA) is 109 Å². The van der Waals surface area contributed by atoms with Crippen molar-refractivity contribution in [3.63, 3.8) is 0 Å². The maximum atomic E-state index is 12.5. The van der Waals surface area contributed by atoms with Crippen molar-refractivity contribution in [2.75, 3.05) is 20.3 Å². The second-order valence-corrected chi connectivity index (χ2v) is 8.99. The molecule has 182 valence electrons. The molecule has 35 heavy (non-hydrogen) atoms. The molecular weight excluding hydrogens is 452 g/mol. The van der Waals surface area contributed by atoms with Gasteiger partial charge in [-0.05, 0) is 42.2 Å². The molecule has 9 nitrogen and oxygen atoms in total. The first-order valence-electron chi connectivity index (χ1n) is 11.4. The van der Waals surface area contributed by atoms with E-state index in [-0.39, 0.29) is 30.2 Å². The zero-order valence-corrected chi connectivity index (χ0v) is 19.7. The zero-order valence-electron chi connectivity index (χ0n) is 19.7. The van der Waals surface area contributed by atoms with Crippen LogP contribution in [0, 0.1) is 5.92 Å². The zero-order chi connectivity index (χ0) is 24.7. The molecule has 2 aromatic heterocycles. The minimum Gasteiger partial charge on any atom is -0.493 e. The van der Waals surface area contributed by atoms with E-state index in [4.69, 9.17) is 18.9 Å². The Balaban J connectivity index is 1.47. The molecule has 0 bridgehead atoms. The van der Waals surface area contributed by atoms with Gasteiger partial charge in [0.15, 0.2) is 28.8 Å². The van der Waals surface area contributed by atoms with E-state index in [0.29, 0.717) is 41.9 Å². The maximum Gasteiger partial charge on any atom is 0.341 e. The Morgan fingerprint density at radius 2 is 2.11 bits per heavy atom. The average Bonchev–Trinajstić information content (AvgIpc) is 2.85. The van der Waals surface area contributed by atoms with Crippen molar-refractivity contribution in [1.29, 1.82) is 0 Å². The smallest absolute Gasteiger partial charge is 0.341 e. The lowest BCUT2D eigenvalue weighted by Gasteiger charge is -2.34. The molecule has 2 aliphatic rings. The Hall–Kier alpha value is -4.01. The minimum absolute atomic E-state index is 0.0184. The number of carboxylic acid groups (broad SMARTS) is 1. The van der Waals surface area contributed by atoms with Crippen molar-refractivity contribution >= 4 is 5.97 Å². The van der Waals surface area contributed by atoms with Gasteiger partial charge in [-0.15, -0.1) is 0 Å².